The number of likely N-dealkylation sites (tertiary alicyclic amines) is 1. The van der Waals surface area contributed by atoms with E-state index in [4.69, 9.17) is 5.73 Å². The SMILES string of the molecule is Cc1cc(Cc2ccc(C(=O)NCC(=O)N3[C@@H](C(C)N)CC[C@H]3c3cccc(F)c3)cc2C)c(=O)[nH]n1. The number of hydrogen-bond acceptors (Lipinski definition) is 5. The molecule has 0 bridgehead atoms. The number of aromatic amines is 1. The summed E-state index contributed by atoms with van der Waals surface area (Å²) >= 11 is 0. The van der Waals surface area contributed by atoms with Crippen LogP contribution in [-0.4, -0.2) is 45.5 Å². The van der Waals surface area contributed by atoms with Gasteiger partial charge in [-0.15, -0.1) is 0 Å². The van der Waals surface area contributed by atoms with E-state index in [0.29, 0.717) is 30.4 Å². The average molecular weight is 506 g/mol. The summed E-state index contributed by atoms with van der Waals surface area (Å²) in [6.07, 6.45) is 1.80. The number of rotatable bonds is 7. The number of carbonyl (C=O) groups is 2. The maximum atomic E-state index is 13.9. The number of benzene rings is 2. The van der Waals surface area contributed by atoms with E-state index in [2.05, 4.69) is 15.5 Å². The van der Waals surface area contributed by atoms with Gasteiger partial charge in [0.25, 0.3) is 11.5 Å². The zero-order valence-corrected chi connectivity index (χ0v) is 21.3. The number of carbonyl (C=O) groups excluding carboxylic acids is 2. The predicted octanol–water partition coefficient (Wildman–Crippen LogP) is 2.93. The van der Waals surface area contributed by atoms with Crippen molar-refractivity contribution >= 4 is 11.8 Å². The van der Waals surface area contributed by atoms with E-state index in [0.717, 1.165) is 22.4 Å². The Labute approximate surface area is 215 Å². The summed E-state index contributed by atoms with van der Waals surface area (Å²) in [6, 6.07) is 12.5. The molecular weight excluding hydrogens is 473 g/mol. The Balaban J connectivity index is 1.45. The fraction of sp³-hybridized carbons (Fsp3) is 0.357. The van der Waals surface area contributed by atoms with Crippen LogP contribution in [-0.2, 0) is 11.2 Å². The zero-order valence-electron chi connectivity index (χ0n) is 21.3. The summed E-state index contributed by atoms with van der Waals surface area (Å²) in [6.45, 7) is 5.34. The molecule has 4 N–H and O–H groups in total. The number of halogens is 1. The normalized spacial score (nSPS) is 18.0. The number of nitrogens with zero attached hydrogens (tertiary/aromatic N) is 2. The van der Waals surface area contributed by atoms with Gasteiger partial charge in [-0.2, -0.15) is 5.10 Å². The summed E-state index contributed by atoms with van der Waals surface area (Å²) < 4.78 is 13.9. The number of hydrogen-bond donors (Lipinski definition) is 3. The maximum Gasteiger partial charge on any atom is 0.267 e. The standard InChI is InChI=1S/C28H32FN5O3/c1-16-11-21(8-7-19(16)13-22-12-17(2)32-33-28(22)37)27(36)31-15-26(35)34-24(18(3)30)9-10-25(34)20-5-4-6-23(29)14-20/h4-8,11-12,14,18,24-25H,9-10,13,15,30H2,1-3H3,(H,31,36)(H,33,37)/t18?,24-,25+/m1/s1. The lowest BCUT2D eigenvalue weighted by atomic mass is 9.99. The van der Waals surface area contributed by atoms with Crippen molar-refractivity contribution < 1.29 is 14.0 Å². The van der Waals surface area contributed by atoms with Gasteiger partial charge in [0.2, 0.25) is 5.91 Å². The third-order valence-corrected chi connectivity index (χ3v) is 6.95. The van der Waals surface area contributed by atoms with Gasteiger partial charge in [0.15, 0.2) is 0 Å². The monoisotopic (exact) mass is 505 g/mol. The lowest BCUT2D eigenvalue weighted by Crippen LogP contribution is -2.49. The Kier molecular flexibility index (Phi) is 7.83. The molecule has 37 heavy (non-hydrogen) atoms. The summed E-state index contributed by atoms with van der Waals surface area (Å²) in [5.41, 5.74) is 10.2. The Morgan fingerprint density at radius 3 is 2.65 bits per heavy atom. The Bertz CT molecular complexity index is 1370. The van der Waals surface area contributed by atoms with E-state index in [-0.39, 0.29) is 47.9 Å². The van der Waals surface area contributed by atoms with Crippen LogP contribution in [0.4, 0.5) is 4.39 Å². The van der Waals surface area contributed by atoms with Gasteiger partial charge < -0.3 is 16.0 Å². The van der Waals surface area contributed by atoms with E-state index < -0.39 is 0 Å². The van der Waals surface area contributed by atoms with Crippen molar-refractivity contribution in [2.45, 2.75) is 58.2 Å². The number of nitrogens with two attached hydrogens (primary N) is 1. The molecule has 4 rings (SSSR count). The molecule has 1 aliphatic heterocycles. The van der Waals surface area contributed by atoms with Crippen LogP contribution in [0.3, 0.4) is 0 Å². The van der Waals surface area contributed by atoms with Crippen molar-refractivity contribution in [1.29, 1.82) is 0 Å². The van der Waals surface area contributed by atoms with E-state index in [1.165, 1.54) is 12.1 Å². The third-order valence-electron chi connectivity index (χ3n) is 6.95. The molecular formula is C28H32FN5O3. The molecule has 0 radical (unpaired) electrons. The maximum absolute atomic E-state index is 13.9. The minimum Gasteiger partial charge on any atom is -0.343 e. The van der Waals surface area contributed by atoms with Crippen molar-refractivity contribution in [2.24, 2.45) is 5.73 Å². The number of aromatic nitrogens is 2. The Morgan fingerprint density at radius 1 is 1.16 bits per heavy atom. The lowest BCUT2D eigenvalue weighted by Gasteiger charge is -2.33. The summed E-state index contributed by atoms with van der Waals surface area (Å²) in [7, 11) is 0. The Morgan fingerprint density at radius 2 is 1.95 bits per heavy atom. The van der Waals surface area contributed by atoms with E-state index in [9.17, 15) is 18.8 Å². The number of nitrogens with one attached hydrogen (secondary N) is 2. The van der Waals surface area contributed by atoms with E-state index in [1.54, 1.807) is 36.1 Å². The third kappa shape index (κ3) is 5.94. The highest BCUT2D eigenvalue weighted by Gasteiger charge is 2.39. The molecule has 3 atom stereocenters. The number of aryl methyl sites for hydroxylation is 2. The molecule has 2 amide bonds. The van der Waals surface area contributed by atoms with Crippen molar-refractivity contribution in [3.05, 3.63) is 98.2 Å². The molecule has 1 unspecified atom stereocenters. The molecule has 9 heteroatoms. The molecule has 194 valence electrons. The molecule has 3 aromatic rings. The smallest absolute Gasteiger partial charge is 0.267 e. The van der Waals surface area contributed by atoms with Crippen LogP contribution in [0.5, 0.6) is 0 Å². The highest BCUT2D eigenvalue weighted by atomic mass is 19.1. The minimum atomic E-state index is -0.376. The van der Waals surface area contributed by atoms with E-state index >= 15 is 0 Å². The Hall–Kier alpha value is -3.85. The molecule has 0 spiro atoms. The fourth-order valence-electron chi connectivity index (χ4n) is 5.04. The largest absolute Gasteiger partial charge is 0.343 e. The van der Waals surface area contributed by atoms with Crippen LogP contribution >= 0.6 is 0 Å². The second-order valence-corrected chi connectivity index (χ2v) is 9.74. The van der Waals surface area contributed by atoms with Gasteiger partial charge in [-0.05, 0) is 80.6 Å². The minimum absolute atomic E-state index is 0.194. The van der Waals surface area contributed by atoms with Crippen LogP contribution in [0.2, 0.25) is 0 Å². The molecule has 1 fully saturated rings. The highest BCUT2D eigenvalue weighted by molar-refractivity contribution is 5.96. The fourth-order valence-corrected chi connectivity index (χ4v) is 5.04. The first-order valence-corrected chi connectivity index (χ1v) is 12.4. The van der Waals surface area contributed by atoms with Crippen LogP contribution in [0.15, 0.2) is 53.3 Å². The van der Waals surface area contributed by atoms with Crippen LogP contribution in [0, 0.1) is 19.7 Å². The number of H-pyrrole nitrogens is 1. The van der Waals surface area contributed by atoms with Crippen molar-refractivity contribution in [2.75, 3.05) is 6.54 Å². The second-order valence-electron chi connectivity index (χ2n) is 9.74. The molecule has 2 aromatic carbocycles. The summed E-state index contributed by atoms with van der Waals surface area (Å²) in [5, 5.41) is 9.10. The predicted molar refractivity (Wildman–Crippen MR) is 139 cm³/mol. The molecule has 0 aliphatic carbocycles. The van der Waals surface area contributed by atoms with Gasteiger partial charge >= 0.3 is 0 Å². The van der Waals surface area contributed by atoms with Gasteiger partial charge in [0, 0.05) is 29.6 Å². The molecule has 8 nitrogen and oxygen atoms in total. The average Bonchev–Trinajstić information content (AvgIpc) is 3.31. The molecule has 1 aliphatic rings. The van der Waals surface area contributed by atoms with Gasteiger partial charge in [0.05, 0.1) is 18.3 Å². The highest BCUT2D eigenvalue weighted by Crippen LogP contribution is 2.37. The van der Waals surface area contributed by atoms with Crippen LogP contribution in [0.25, 0.3) is 0 Å². The molecule has 2 heterocycles. The first-order chi connectivity index (χ1) is 17.6. The van der Waals surface area contributed by atoms with Gasteiger partial charge in [-0.25, -0.2) is 9.49 Å². The first kappa shape index (κ1) is 26.2. The second kappa shape index (κ2) is 11.0. The van der Waals surface area contributed by atoms with Crippen molar-refractivity contribution in [1.82, 2.24) is 20.4 Å². The topological polar surface area (TPSA) is 121 Å². The van der Waals surface area contributed by atoms with Gasteiger partial charge in [-0.3, -0.25) is 14.4 Å². The van der Waals surface area contributed by atoms with Gasteiger partial charge in [0.1, 0.15) is 5.82 Å². The first-order valence-electron chi connectivity index (χ1n) is 12.4. The lowest BCUT2D eigenvalue weighted by molar-refractivity contribution is -0.133. The molecule has 0 saturated carbocycles. The van der Waals surface area contributed by atoms with Crippen molar-refractivity contribution in [3.8, 4) is 0 Å². The molecule has 1 saturated heterocycles. The zero-order chi connectivity index (χ0) is 26.7. The summed E-state index contributed by atoms with van der Waals surface area (Å²) in [4.78, 5) is 39.9. The van der Waals surface area contributed by atoms with E-state index in [1.807, 2.05) is 26.0 Å². The summed E-state index contributed by atoms with van der Waals surface area (Å²) in [5.74, 6) is -0.993. The molecule has 1 aromatic heterocycles. The van der Waals surface area contributed by atoms with Crippen molar-refractivity contribution in [3.63, 3.8) is 0 Å². The number of amides is 2. The van der Waals surface area contributed by atoms with Crippen LogP contribution in [0.1, 0.15) is 64.1 Å². The van der Waals surface area contributed by atoms with Crippen LogP contribution < -0.4 is 16.6 Å². The quantitative estimate of drug-likeness (QED) is 0.456. The van der Waals surface area contributed by atoms with Gasteiger partial charge in [-0.1, -0.05) is 18.2 Å².